The van der Waals surface area contributed by atoms with Crippen molar-refractivity contribution < 1.29 is 17.9 Å². The second kappa shape index (κ2) is 9.43. The number of nitrogens with two attached hydrogens (primary N) is 1. The summed E-state index contributed by atoms with van der Waals surface area (Å²) in [7, 11) is -1.95. The van der Waals surface area contributed by atoms with Gasteiger partial charge in [-0.1, -0.05) is 30.3 Å². The smallest absolute Gasteiger partial charge is 0.410 e. The van der Waals surface area contributed by atoms with Gasteiger partial charge in [0.05, 0.1) is 4.90 Å². The summed E-state index contributed by atoms with van der Waals surface area (Å²) in [6.45, 7) is 0.239. The summed E-state index contributed by atoms with van der Waals surface area (Å²) in [6.07, 6.45) is -0.00277. The fourth-order valence-corrected chi connectivity index (χ4v) is 3.74. The zero-order chi connectivity index (χ0) is 21.6. The molecule has 0 atom stereocenters. The molecule has 3 rings (SSSR count). The van der Waals surface area contributed by atoms with E-state index in [2.05, 4.69) is 4.72 Å². The molecule has 0 saturated carbocycles. The van der Waals surface area contributed by atoms with Gasteiger partial charge >= 0.3 is 6.09 Å². The maximum atomic E-state index is 12.3. The number of para-hydroxylation sites is 1. The number of amides is 1. The molecule has 0 heterocycles. The number of nitrogens with one attached hydrogen (secondary N) is 1. The lowest BCUT2D eigenvalue weighted by Gasteiger charge is -2.16. The highest BCUT2D eigenvalue weighted by Crippen LogP contribution is 2.17. The Balaban J connectivity index is 1.52. The second-order valence-corrected chi connectivity index (χ2v) is 8.39. The molecule has 156 valence electrons. The van der Waals surface area contributed by atoms with Crippen LogP contribution in [-0.2, 0) is 16.4 Å². The molecule has 30 heavy (non-hydrogen) atoms. The number of sulfonamides is 1. The molecule has 3 N–H and O–H groups in total. The highest BCUT2D eigenvalue weighted by atomic mass is 32.2. The first-order chi connectivity index (χ1) is 14.3. The van der Waals surface area contributed by atoms with Gasteiger partial charge in [-0.2, -0.15) is 0 Å². The van der Waals surface area contributed by atoms with Crippen LogP contribution in [0.4, 0.5) is 16.2 Å². The van der Waals surface area contributed by atoms with E-state index in [1.807, 2.05) is 30.3 Å². The van der Waals surface area contributed by atoms with Crippen molar-refractivity contribution in [1.82, 2.24) is 4.72 Å². The molecule has 3 aromatic carbocycles. The van der Waals surface area contributed by atoms with Gasteiger partial charge in [-0.05, 0) is 60.5 Å². The summed E-state index contributed by atoms with van der Waals surface area (Å²) in [5, 5.41) is 0. The lowest BCUT2D eigenvalue weighted by molar-refractivity contribution is 0.209. The van der Waals surface area contributed by atoms with E-state index in [9.17, 15) is 13.2 Å². The number of nitrogens with zero attached hydrogens (tertiary/aromatic N) is 1. The number of ether oxygens (including phenoxy) is 1. The van der Waals surface area contributed by atoms with E-state index in [0.29, 0.717) is 17.9 Å². The molecule has 1 amide bonds. The van der Waals surface area contributed by atoms with Crippen LogP contribution in [0.3, 0.4) is 0 Å². The first kappa shape index (κ1) is 21.4. The van der Waals surface area contributed by atoms with Crippen molar-refractivity contribution in [3.05, 3.63) is 84.4 Å². The molecular weight excluding hydrogens is 402 g/mol. The fraction of sp³-hybridized carbons (Fsp3) is 0.136. The predicted octanol–water partition coefficient (Wildman–Crippen LogP) is 3.43. The van der Waals surface area contributed by atoms with E-state index < -0.39 is 16.1 Å². The largest absolute Gasteiger partial charge is 0.419 e. The maximum absolute atomic E-state index is 12.3. The van der Waals surface area contributed by atoms with E-state index in [1.54, 1.807) is 43.4 Å². The summed E-state index contributed by atoms with van der Waals surface area (Å²) in [6, 6.07) is 22.2. The molecule has 0 radical (unpaired) electrons. The number of hydrogen-bond acceptors (Lipinski definition) is 5. The summed E-state index contributed by atoms with van der Waals surface area (Å²) in [5.74, 6) is 0.411. The lowest BCUT2D eigenvalue weighted by Crippen LogP contribution is -2.29. The van der Waals surface area contributed by atoms with Gasteiger partial charge in [0, 0.05) is 25.0 Å². The highest BCUT2D eigenvalue weighted by Gasteiger charge is 2.14. The van der Waals surface area contributed by atoms with Gasteiger partial charge in [-0.15, -0.1) is 0 Å². The van der Waals surface area contributed by atoms with Gasteiger partial charge in [-0.25, -0.2) is 17.9 Å². The van der Waals surface area contributed by atoms with Crippen molar-refractivity contribution in [2.75, 3.05) is 24.2 Å². The Kier molecular flexibility index (Phi) is 6.71. The van der Waals surface area contributed by atoms with Crippen molar-refractivity contribution in [2.24, 2.45) is 0 Å². The van der Waals surface area contributed by atoms with Gasteiger partial charge < -0.3 is 10.5 Å². The molecule has 0 fully saturated rings. The Bertz CT molecular complexity index is 1080. The Morgan fingerprint density at radius 3 is 2.23 bits per heavy atom. The van der Waals surface area contributed by atoms with Crippen molar-refractivity contribution >= 4 is 27.5 Å². The minimum absolute atomic E-state index is 0.168. The maximum Gasteiger partial charge on any atom is 0.419 e. The zero-order valence-electron chi connectivity index (χ0n) is 16.5. The van der Waals surface area contributed by atoms with Crippen molar-refractivity contribution in [1.29, 1.82) is 0 Å². The summed E-state index contributed by atoms with van der Waals surface area (Å²) in [5.41, 5.74) is 7.73. The Morgan fingerprint density at radius 1 is 0.967 bits per heavy atom. The van der Waals surface area contributed by atoms with Crippen LogP contribution < -0.4 is 20.1 Å². The number of benzene rings is 3. The SMILES string of the molecule is CN(C(=O)Oc1ccc(CCNS(=O)(=O)c2ccc(N)cc2)cc1)c1ccccc1. The first-order valence-electron chi connectivity index (χ1n) is 9.30. The van der Waals surface area contributed by atoms with Crippen LogP contribution in [0.2, 0.25) is 0 Å². The second-order valence-electron chi connectivity index (χ2n) is 6.62. The first-order valence-corrected chi connectivity index (χ1v) is 10.8. The molecule has 3 aromatic rings. The summed E-state index contributed by atoms with van der Waals surface area (Å²) in [4.78, 5) is 13.8. The topological polar surface area (TPSA) is 102 Å². The highest BCUT2D eigenvalue weighted by molar-refractivity contribution is 7.89. The van der Waals surface area contributed by atoms with Crippen molar-refractivity contribution in [3.8, 4) is 5.75 Å². The fourth-order valence-electron chi connectivity index (χ4n) is 2.71. The molecule has 0 unspecified atom stereocenters. The van der Waals surface area contributed by atoms with E-state index in [-0.39, 0.29) is 11.4 Å². The van der Waals surface area contributed by atoms with Crippen LogP contribution in [-0.4, -0.2) is 28.1 Å². The third-order valence-corrected chi connectivity index (χ3v) is 5.92. The minimum Gasteiger partial charge on any atom is -0.410 e. The van der Waals surface area contributed by atoms with Gasteiger partial charge in [-0.3, -0.25) is 4.90 Å². The number of carbonyl (C=O) groups excluding carboxylic acids is 1. The Labute approximate surface area is 176 Å². The quantitative estimate of drug-likeness (QED) is 0.565. The van der Waals surface area contributed by atoms with Gasteiger partial charge in [0.2, 0.25) is 10.0 Å². The third-order valence-electron chi connectivity index (χ3n) is 4.44. The number of anilines is 2. The predicted molar refractivity (Wildman–Crippen MR) is 117 cm³/mol. The van der Waals surface area contributed by atoms with Gasteiger partial charge in [0.1, 0.15) is 5.75 Å². The molecule has 0 aliphatic heterocycles. The summed E-state index contributed by atoms with van der Waals surface area (Å²) >= 11 is 0. The van der Waals surface area contributed by atoms with Crippen LogP contribution in [0.25, 0.3) is 0 Å². The van der Waals surface area contributed by atoms with Crippen LogP contribution in [0, 0.1) is 0 Å². The van der Waals surface area contributed by atoms with Crippen LogP contribution in [0.5, 0.6) is 5.75 Å². The molecule has 0 spiro atoms. The van der Waals surface area contributed by atoms with E-state index >= 15 is 0 Å². The molecule has 0 bridgehead atoms. The Morgan fingerprint density at radius 2 is 1.60 bits per heavy atom. The standard InChI is InChI=1S/C22H23N3O4S/c1-25(19-5-3-2-4-6-19)22(26)29-20-11-7-17(8-12-20)15-16-24-30(27,28)21-13-9-18(23)10-14-21/h2-14,24H,15-16,23H2,1H3. The molecule has 0 aromatic heterocycles. The number of rotatable bonds is 7. The lowest BCUT2D eigenvalue weighted by atomic mass is 10.1. The van der Waals surface area contributed by atoms with Crippen LogP contribution in [0.15, 0.2) is 83.8 Å². The van der Waals surface area contributed by atoms with Crippen molar-refractivity contribution in [2.45, 2.75) is 11.3 Å². The van der Waals surface area contributed by atoms with Gasteiger partial charge in [0.25, 0.3) is 0 Å². The molecule has 7 nitrogen and oxygen atoms in total. The number of nitrogen functional groups attached to an aromatic ring is 1. The molecule has 0 aliphatic carbocycles. The van der Waals surface area contributed by atoms with E-state index in [1.165, 1.54) is 17.0 Å². The van der Waals surface area contributed by atoms with Crippen LogP contribution in [0.1, 0.15) is 5.56 Å². The molecular formula is C22H23N3O4S. The normalized spacial score (nSPS) is 11.1. The summed E-state index contributed by atoms with van der Waals surface area (Å²) < 4.78 is 32.5. The molecule has 0 saturated heterocycles. The average Bonchev–Trinajstić information content (AvgIpc) is 2.75. The molecule has 0 aliphatic rings. The van der Waals surface area contributed by atoms with E-state index in [4.69, 9.17) is 10.5 Å². The van der Waals surface area contributed by atoms with Gasteiger partial charge in [0.15, 0.2) is 0 Å². The minimum atomic E-state index is -3.59. The monoisotopic (exact) mass is 425 g/mol. The van der Waals surface area contributed by atoms with Crippen molar-refractivity contribution in [3.63, 3.8) is 0 Å². The van der Waals surface area contributed by atoms with Crippen LogP contribution >= 0.6 is 0 Å². The zero-order valence-corrected chi connectivity index (χ0v) is 17.3. The average molecular weight is 426 g/mol. The Hall–Kier alpha value is -3.36. The number of carbonyl (C=O) groups is 1. The number of hydrogen-bond donors (Lipinski definition) is 2. The van der Waals surface area contributed by atoms with E-state index in [0.717, 1.165) is 11.3 Å². The third kappa shape index (κ3) is 5.59. The molecule has 8 heteroatoms.